The molecule has 6 heteroatoms. The molecule has 0 atom stereocenters. The van der Waals surface area contributed by atoms with Crippen LogP contribution in [0, 0.1) is 6.92 Å². The van der Waals surface area contributed by atoms with E-state index in [1.807, 2.05) is 29.7 Å². The van der Waals surface area contributed by atoms with E-state index in [1.165, 1.54) is 0 Å². The molecule has 3 rings (SSSR count). The minimum absolute atomic E-state index is 0.398. The average Bonchev–Trinajstić information content (AvgIpc) is 2.65. The third-order valence-electron chi connectivity index (χ3n) is 2.89. The van der Waals surface area contributed by atoms with Gasteiger partial charge in [-0.25, -0.2) is 9.97 Å². The molecule has 0 bridgehead atoms. The van der Waals surface area contributed by atoms with E-state index in [0.29, 0.717) is 22.1 Å². The van der Waals surface area contributed by atoms with Gasteiger partial charge in [-0.05, 0) is 36.8 Å². The molecule has 3 aromatic rings. The van der Waals surface area contributed by atoms with Crippen molar-refractivity contribution in [3.8, 4) is 5.69 Å². The maximum Gasteiger partial charge on any atom is 0.207 e. The SMILES string of the molecule is Cc1cc(Br)ccc1-n1c(N)nc2cc(Cl)cnc21. The zero-order chi connectivity index (χ0) is 13.6. The zero-order valence-electron chi connectivity index (χ0n) is 10.1. The van der Waals surface area contributed by atoms with E-state index < -0.39 is 0 Å². The molecule has 0 aliphatic heterocycles. The highest BCUT2D eigenvalue weighted by Gasteiger charge is 2.13. The highest BCUT2D eigenvalue weighted by molar-refractivity contribution is 9.10. The molecular formula is C13H10BrClN4. The fourth-order valence-corrected chi connectivity index (χ4v) is 2.69. The molecule has 2 N–H and O–H groups in total. The number of hydrogen-bond acceptors (Lipinski definition) is 3. The van der Waals surface area contributed by atoms with Gasteiger partial charge in [0.2, 0.25) is 5.95 Å². The van der Waals surface area contributed by atoms with Crippen molar-refractivity contribution in [1.82, 2.24) is 14.5 Å². The highest BCUT2D eigenvalue weighted by Crippen LogP contribution is 2.26. The van der Waals surface area contributed by atoms with Crippen molar-refractivity contribution in [2.24, 2.45) is 0 Å². The fraction of sp³-hybridized carbons (Fsp3) is 0.0769. The van der Waals surface area contributed by atoms with E-state index in [4.69, 9.17) is 17.3 Å². The van der Waals surface area contributed by atoms with Crippen molar-refractivity contribution < 1.29 is 0 Å². The van der Waals surface area contributed by atoms with Crippen LogP contribution >= 0.6 is 27.5 Å². The maximum absolute atomic E-state index is 6.00. The molecule has 19 heavy (non-hydrogen) atoms. The molecule has 0 aliphatic rings. The molecule has 0 saturated heterocycles. The summed E-state index contributed by atoms with van der Waals surface area (Å²) in [6, 6.07) is 7.72. The van der Waals surface area contributed by atoms with Crippen molar-refractivity contribution in [1.29, 1.82) is 0 Å². The van der Waals surface area contributed by atoms with Gasteiger partial charge in [0.25, 0.3) is 0 Å². The molecule has 0 radical (unpaired) electrons. The lowest BCUT2D eigenvalue weighted by molar-refractivity contribution is 1.06. The van der Waals surface area contributed by atoms with Crippen molar-refractivity contribution in [2.45, 2.75) is 6.92 Å². The lowest BCUT2D eigenvalue weighted by Crippen LogP contribution is -2.03. The van der Waals surface area contributed by atoms with Gasteiger partial charge >= 0.3 is 0 Å². The van der Waals surface area contributed by atoms with Crippen molar-refractivity contribution in [3.05, 3.63) is 45.5 Å². The van der Waals surface area contributed by atoms with Crippen LogP contribution in [0.2, 0.25) is 5.02 Å². The number of aromatic nitrogens is 3. The molecule has 0 saturated carbocycles. The Hall–Kier alpha value is -1.59. The summed E-state index contributed by atoms with van der Waals surface area (Å²) in [5.41, 5.74) is 9.43. The summed E-state index contributed by atoms with van der Waals surface area (Å²) in [6.07, 6.45) is 1.59. The van der Waals surface area contributed by atoms with Crippen LogP contribution in [0.1, 0.15) is 5.56 Å². The third-order valence-corrected chi connectivity index (χ3v) is 3.59. The summed E-state index contributed by atoms with van der Waals surface area (Å²) < 4.78 is 2.85. The minimum Gasteiger partial charge on any atom is -0.369 e. The van der Waals surface area contributed by atoms with Gasteiger partial charge in [-0.2, -0.15) is 0 Å². The third kappa shape index (κ3) is 2.09. The topological polar surface area (TPSA) is 56.7 Å². The van der Waals surface area contributed by atoms with E-state index in [2.05, 4.69) is 25.9 Å². The molecule has 2 heterocycles. The summed E-state index contributed by atoms with van der Waals surface area (Å²) >= 11 is 9.37. The van der Waals surface area contributed by atoms with Gasteiger partial charge in [0, 0.05) is 10.7 Å². The number of hydrogen-bond donors (Lipinski definition) is 1. The Morgan fingerprint density at radius 1 is 1.32 bits per heavy atom. The lowest BCUT2D eigenvalue weighted by Gasteiger charge is -2.09. The molecule has 0 unspecified atom stereocenters. The highest BCUT2D eigenvalue weighted by atomic mass is 79.9. The first-order valence-electron chi connectivity index (χ1n) is 5.62. The first-order valence-corrected chi connectivity index (χ1v) is 6.79. The first-order chi connectivity index (χ1) is 9.06. The average molecular weight is 338 g/mol. The predicted molar refractivity (Wildman–Crippen MR) is 80.7 cm³/mol. The Kier molecular flexibility index (Phi) is 2.95. The number of imidazole rings is 1. The number of halogens is 2. The second-order valence-electron chi connectivity index (χ2n) is 4.23. The van der Waals surface area contributed by atoms with Crippen LogP contribution in [0.3, 0.4) is 0 Å². The zero-order valence-corrected chi connectivity index (χ0v) is 12.4. The Balaban J connectivity index is 2.33. The Bertz CT molecular complexity index is 782. The minimum atomic E-state index is 0.398. The van der Waals surface area contributed by atoms with E-state index >= 15 is 0 Å². The maximum atomic E-state index is 6.00. The van der Waals surface area contributed by atoms with Crippen LogP contribution in [-0.4, -0.2) is 14.5 Å². The van der Waals surface area contributed by atoms with Gasteiger partial charge < -0.3 is 5.73 Å². The summed E-state index contributed by atoms with van der Waals surface area (Å²) in [5.74, 6) is 0.398. The Morgan fingerprint density at radius 2 is 2.11 bits per heavy atom. The molecule has 0 aliphatic carbocycles. The number of nitrogens with zero attached hydrogens (tertiary/aromatic N) is 3. The van der Waals surface area contributed by atoms with Crippen LogP contribution in [0.15, 0.2) is 34.9 Å². The molecule has 2 aromatic heterocycles. The van der Waals surface area contributed by atoms with Gasteiger partial charge in [-0.1, -0.05) is 27.5 Å². The molecule has 4 nitrogen and oxygen atoms in total. The quantitative estimate of drug-likeness (QED) is 0.736. The normalized spacial score (nSPS) is 11.1. The number of anilines is 1. The van der Waals surface area contributed by atoms with E-state index in [1.54, 1.807) is 12.3 Å². The van der Waals surface area contributed by atoms with E-state index in [9.17, 15) is 0 Å². The van der Waals surface area contributed by atoms with Crippen LogP contribution in [0.25, 0.3) is 16.9 Å². The number of nitrogen functional groups attached to an aromatic ring is 1. The number of nitrogens with two attached hydrogens (primary N) is 1. The van der Waals surface area contributed by atoms with Crippen LogP contribution < -0.4 is 5.73 Å². The summed E-state index contributed by atoms with van der Waals surface area (Å²) in [6.45, 7) is 2.02. The van der Waals surface area contributed by atoms with Gasteiger partial charge in [0.05, 0.1) is 10.7 Å². The first kappa shape index (κ1) is 12.4. The molecular weight excluding hydrogens is 328 g/mol. The van der Waals surface area contributed by atoms with E-state index in [-0.39, 0.29) is 0 Å². The largest absolute Gasteiger partial charge is 0.369 e. The van der Waals surface area contributed by atoms with Crippen LogP contribution in [0.4, 0.5) is 5.95 Å². The number of aryl methyl sites for hydroxylation is 1. The Morgan fingerprint density at radius 3 is 2.84 bits per heavy atom. The number of rotatable bonds is 1. The van der Waals surface area contributed by atoms with Crippen LogP contribution in [-0.2, 0) is 0 Å². The number of pyridine rings is 1. The second-order valence-corrected chi connectivity index (χ2v) is 5.58. The number of fused-ring (bicyclic) bond motifs is 1. The van der Waals surface area contributed by atoms with E-state index in [0.717, 1.165) is 15.7 Å². The number of benzene rings is 1. The van der Waals surface area contributed by atoms with Crippen molar-refractivity contribution in [3.63, 3.8) is 0 Å². The van der Waals surface area contributed by atoms with Crippen molar-refractivity contribution >= 4 is 44.6 Å². The Labute approximate surface area is 123 Å². The summed E-state index contributed by atoms with van der Waals surface area (Å²) in [7, 11) is 0. The van der Waals surface area contributed by atoms with Gasteiger partial charge in [-0.3, -0.25) is 4.57 Å². The molecule has 0 fully saturated rings. The van der Waals surface area contributed by atoms with Crippen LogP contribution in [0.5, 0.6) is 0 Å². The summed E-state index contributed by atoms with van der Waals surface area (Å²) in [5, 5.41) is 0.546. The standard InChI is InChI=1S/C13H10BrClN4/c1-7-4-8(14)2-3-11(7)19-12-10(18-13(19)16)5-9(15)6-17-12/h2-6H,1H3,(H2,16,18). The fourth-order valence-electron chi connectivity index (χ4n) is 2.07. The van der Waals surface area contributed by atoms with Crippen molar-refractivity contribution in [2.75, 3.05) is 5.73 Å². The molecule has 96 valence electrons. The van der Waals surface area contributed by atoms with Gasteiger partial charge in [0.1, 0.15) is 5.52 Å². The summed E-state index contributed by atoms with van der Waals surface area (Å²) in [4.78, 5) is 8.61. The lowest BCUT2D eigenvalue weighted by atomic mass is 10.2. The molecule has 0 spiro atoms. The molecule has 0 amide bonds. The second kappa shape index (κ2) is 4.51. The monoisotopic (exact) mass is 336 g/mol. The predicted octanol–water partition coefficient (Wildman–Crippen LogP) is 3.73. The van der Waals surface area contributed by atoms with Gasteiger partial charge in [-0.15, -0.1) is 0 Å². The van der Waals surface area contributed by atoms with Gasteiger partial charge in [0.15, 0.2) is 5.65 Å². The molecule has 1 aromatic carbocycles. The smallest absolute Gasteiger partial charge is 0.207 e.